The van der Waals surface area contributed by atoms with E-state index in [0.717, 1.165) is 51.7 Å². The predicted octanol–water partition coefficient (Wildman–Crippen LogP) is 8.85. The molecule has 2 heterocycles. The Morgan fingerprint density at radius 1 is 0.672 bits per heavy atom. The third-order valence-corrected chi connectivity index (χ3v) is 21.7. The van der Waals surface area contributed by atoms with Gasteiger partial charge in [0.1, 0.15) is 12.2 Å². The standard InChI is InChI=1S/C50H81N3O5/c1-10-51-25-27-52(28-26-51)32-16-23-53(24-17-32)43(55)34-29-36(47(6)21-22-47)42-33(34)13-19-49(8)35(42)11-12-39-48(7)18-15-40(46(4,5)38(48)14-20-50(39,49)9)58-44(56)37-30-41(57-31-54)45(37,2)3/h31-42H,10-30H2,1-9H3/t33?,34-,35-,36-,37-,38+,39-,40+,41-,42+,48+,49-,50-/m1/s1. The number of piperidine rings is 1. The molecular weight excluding hydrogens is 723 g/mol. The summed E-state index contributed by atoms with van der Waals surface area (Å²) in [4.78, 5) is 47.2. The first-order valence-electron chi connectivity index (χ1n) is 24.5. The predicted molar refractivity (Wildman–Crippen MR) is 227 cm³/mol. The van der Waals surface area contributed by atoms with Crippen LogP contribution in [0.5, 0.6) is 0 Å². The summed E-state index contributed by atoms with van der Waals surface area (Å²) in [7, 11) is 0. The van der Waals surface area contributed by atoms with Crippen LogP contribution in [0.1, 0.15) is 152 Å². The maximum atomic E-state index is 14.8. The average Bonchev–Trinajstić information content (AvgIpc) is 3.82. The molecule has 9 aliphatic rings. The Bertz CT molecular complexity index is 1590. The highest BCUT2D eigenvalue weighted by Crippen LogP contribution is 2.78. The second kappa shape index (κ2) is 14.4. The second-order valence-corrected chi connectivity index (χ2v) is 24.2. The van der Waals surface area contributed by atoms with Crippen molar-refractivity contribution in [3.8, 4) is 0 Å². The SMILES string of the molecule is CCN1CCN(C2CCN(C(=O)[C@@H]3C[C@@H](C4(C)CC4)[C@H]4C3CC[C@]3(C)[C@@H]4CC[C@@H]4[C@@]5(C)CC[C@H](OC(=O)[C@H]6C[C@@H](OC=O)C6(C)C)C(C)(C)[C@@H]5CC[C@]43C)CC2)CC1. The second-order valence-electron chi connectivity index (χ2n) is 24.2. The van der Waals surface area contributed by atoms with Gasteiger partial charge < -0.3 is 19.3 Å². The van der Waals surface area contributed by atoms with E-state index in [0.29, 0.717) is 65.8 Å². The van der Waals surface area contributed by atoms with E-state index >= 15 is 0 Å². The van der Waals surface area contributed by atoms with E-state index in [1.54, 1.807) is 0 Å². The normalized spacial score (nSPS) is 47.0. The molecule has 58 heavy (non-hydrogen) atoms. The molecule has 0 aromatic rings. The summed E-state index contributed by atoms with van der Waals surface area (Å²) >= 11 is 0. The Morgan fingerprint density at radius 2 is 1.36 bits per heavy atom. The third kappa shape index (κ3) is 6.16. The van der Waals surface area contributed by atoms with Crippen LogP contribution in [-0.2, 0) is 23.9 Å². The van der Waals surface area contributed by atoms with Gasteiger partial charge in [0.15, 0.2) is 0 Å². The number of rotatable bonds is 8. The van der Waals surface area contributed by atoms with Crippen LogP contribution in [0.2, 0.25) is 0 Å². The van der Waals surface area contributed by atoms with E-state index in [-0.39, 0.29) is 51.7 Å². The van der Waals surface area contributed by atoms with Gasteiger partial charge in [-0.3, -0.25) is 19.3 Å². The van der Waals surface area contributed by atoms with Crippen molar-refractivity contribution in [1.29, 1.82) is 0 Å². The number of hydrogen-bond acceptors (Lipinski definition) is 7. The number of esters is 1. The largest absolute Gasteiger partial charge is 0.464 e. The summed E-state index contributed by atoms with van der Waals surface area (Å²) in [5, 5.41) is 0. The molecule has 0 bridgehead atoms. The van der Waals surface area contributed by atoms with E-state index in [1.165, 1.54) is 77.5 Å². The number of carbonyl (C=O) groups excluding carboxylic acids is 3. The van der Waals surface area contributed by atoms with E-state index in [9.17, 15) is 14.4 Å². The molecule has 7 saturated carbocycles. The lowest BCUT2D eigenvalue weighted by atomic mass is 9.33. The van der Waals surface area contributed by atoms with Gasteiger partial charge in [-0.2, -0.15) is 0 Å². The smallest absolute Gasteiger partial charge is 0.310 e. The van der Waals surface area contributed by atoms with Crippen LogP contribution in [-0.4, -0.2) is 97.1 Å². The first-order valence-corrected chi connectivity index (χ1v) is 24.5. The molecule has 2 aliphatic heterocycles. The van der Waals surface area contributed by atoms with Crippen molar-refractivity contribution in [3.05, 3.63) is 0 Å². The minimum atomic E-state index is -0.394. The Labute approximate surface area is 352 Å². The van der Waals surface area contributed by atoms with Crippen molar-refractivity contribution in [2.45, 2.75) is 170 Å². The van der Waals surface area contributed by atoms with Crippen molar-refractivity contribution in [3.63, 3.8) is 0 Å². The van der Waals surface area contributed by atoms with Crippen LogP contribution in [0, 0.1) is 79.8 Å². The molecule has 0 N–H and O–H groups in total. The van der Waals surface area contributed by atoms with Crippen LogP contribution in [0.3, 0.4) is 0 Å². The lowest BCUT2D eigenvalue weighted by Crippen LogP contribution is -2.66. The van der Waals surface area contributed by atoms with E-state index in [4.69, 9.17) is 9.47 Å². The van der Waals surface area contributed by atoms with Gasteiger partial charge in [0.2, 0.25) is 5.91 Å². The fourth-order valence-electron chi connectivity index (χ4n) is 17.4. The van der Waals surface area contributed by atoms with Crippen molar-refractivity contribution >= 4 is 18.3 Å². The molecule has 2 saturated heterocycles. The molecular formula is C50H81N3O5. The molecule has 1 amide bonds. The zero-order chi connectivity index (χ0) is 41.2. The minimum Gasteiger partial charge on any atom is -0.464 e. The van der Waals surface area contributed by atoms with E-state index in [1.807, 2.05) is 13.8 Å². The molecule has 9 rings (SSSR count). The Balaban J connectivity index is 0.893. The van der Waals surface area contributed by atoms with Crippen LogP contribution >= 0.6 is 0 Å². The van der Waals surface area contributed by atoms with Gasteiger partial charge in [0, 0.05) is 62.1 Å². The fourth-order valence-corrected chi connectivity index (χ4v) is 17.4. The highest BCUT2D eigenvalue weighted by atomic mass is 16.6. The number of ether oxygens (including phenoxy) is 2. The van der Waals surface area contributed by atoms with Crippen LogP contribution in [0.4, 0.5) is 0 Å². The molecule has 0 radical (unpaired) electrons. The van der Waals surface area contributed by atoms with Crippen molar-refractivity contribution < 1.29 is 23.9 Å². The van der Waals surface area contributed by atoms with Crippen molar-refractivity contribution in [2.75, 3.05) is 45.8 Å². The Kier molecular flexibility index (Phi) is 10.4. The van der Waals surface area contributed by atoms with Crippen molar-refractivity contribution in [1.82, 2.24) is 14.7 Å². The molecule has 0 spiro atoms. The van der Waals surface area contributed by atoms with E-state index < -0.39 is 5.41 Å². The summed E-state index contributed by atoms with van der Waals surface area (Å²) in [6.07, 6.45) is 16.1. The topological polar surface area (TPSA) is 79.4 Å². The van der Waals surface area contributed by atoms with Gasteiger partial charge in [0.25, 0.3) is 6.47 Å². The zero-order valence-corrected chi connectivity index (χ0v) is 38.2. The number of nitrogens with zero attached hydrogens (tertiary/aromatic N) is 3. The fraction of sp³-hybridized carbons (Fsp3) is 0.940. The van der Waals surface area contributed by atoms with Gasteiger partial charge >= 0.3 is 5.97 Å². The molecule has 8 heteroatoms. The summed E-state index contributed by atoms with van der Waals surface area (Å²) in [5.74, 6) is 4.27. The van der Waals surface area contributed by atoms with Gasteiger partial charge in [0.05, 0.1) is 5.92 Å². The minimum absolute atomic E-state index is 0.0815. The molecule has 8 nitrogen and oxygen atoms in total. The number of carbonyl (C=O) groups is 3. The van der Waals surface area contributed by atoms with Gasteiger partial charge in [-0.1, -0.05) is 62.3 Å². The molecule has 7 aliphatic carbocycles. The van der Waals surface area contributed by atoms with Crippen LogP contribution < -0.4 is 0 Å². The highest BCUT2D eigenvalue weighted by Gasteiger charge is 2.71. The number of hydrogen-bond donors (Lipinski definition) is 0. The van der Waals surface area contributed by atoms with Gasteiger partial charge in [-0.25, -0.2) is 0 Å². The first kappa shape index (κ1) is 41.7. The maximum Gasteiger partial charge on any atom is 0.310 e. The zero-order valence-electron chi connectivity index (χ0n) is 38.2. The van der Waals surface area contributed by atoms with Crippen LogP contribution in [0.15, 0.2) is 0 Å². The molecule has 1 unspecified atom stereocenters. The molecule has 13 atom stereocenters. The number of likely N-dealkylation sites (N-methyl/N-ethyl adjacent to an activating group) is 1. The highest BCUT2D eigenvalue weighted by molar-refractivity contribution is 5.80. The molecule has 0 aromatic carbocycles. The number of fused-ring (bicyclic) bond motifs is 7. The van der Waals surface area contributed by atoms with Gasteiger partial charge in [-0.15, -0.1) is 0 Å². The number of likely N-dealkylation sites (tertiary alicyclic amines) is 1. The Morgan fingerprint density at radius 3 is 2.00 bits per heavy atom. The summed E-state index contributed by atoms with van der Waals surface area (Å²) in [5.41, 5.74) is 0.716. The average molecular weight is 804 g/mol. The van der Waals surface area contributed by atoms with E-state index in [2.05, 4.69) is 63.2 Å². The molecule has 9 fully saturated rings. The third-order valence-electron chi connectivity index (χ3n) is 21.7. The molecule has 326 valence electrons. The number of piperazine rings is 1. The number of amides is 1. The maximum absolute atomic E-state index is 14.8. The monoisotopic (exact) mass is 804 g/mol. The summed E-state index contributed by atoms with van der Waals surface area (Å²) in [6.45, 7) is 30.2. The first-order chi connectivity index (χ1) is 27.4. The molecule has 0 aromatic heterocycles. The lowest BCUT2D eigenvalue weighted by Gasteiger charge is -2.72. The summed E-state index contributed by atoms with van der Waals surface area (Å²) in [6, 6.07) is 0.648. The van der Waals surface area contributed by atoms with Gasteiger partial charge in [-0.05, 0) is 154 Å². The van der Waals surface area contributed by atoms with Crippen LogP contribution in [0.25, 0.3) is 0 Å². The quantitative estimate of drug-likeness (QED) is 0.179. The lowest BCUT2D eigenvalue weighted by molar-refractivity contribution is -0.248. The van der Waals surface area contributed by atoms with Crippen molar-refractivity contribution in [2.24, 2.45) is 79.8 Å². The Hall–Kier alpha value is -1.67. The summed E-state index contributed by atoms with van der Waals surface area (Å²) < 4.78 is 11.8.